The number of rotatable bonds is 3. The lowest BCUT2D eigenvalue weighted by molar-refractivity contribution is 0.628. The highest BCUT2D eigenvalue weighted by Crippen LogP contribution is 2.14. The molecule has 2 rings (SSSR count). The fraction of sp³-hybridized carbons (Fsp3) is 0.188. The molecule has 4 heteroatoms. The monoisotopic (exact) mass is 288 g/mol. The number of aryl methyl sites for hydroxylation is 1. The molecule has 0 aromatic heterocycles. The SMILES string of the molecule is Cc1ccc([C@H](C)NC(=S)Nc2ccc(F)cc2)cc1. The molecule has 0 unspecified atom stereocenters. The summed E-state index contributed by atoms with van der Waals surface area (Å²) in [5.74, 6) is -0.262. The second kappa shape index (κ2) is 6.48. The van der Waals surface area contributed by atoms with Crippen molar-refractivity contribution in [1.29, 1.82) is 0 Å². The third-order valence-corrected chi connectivity index (χ3v) is 3.25. The summed E-state index contributed by atoms with van der Waals surface area (Å²) in [5, 5.41) is 6.76. The second-order valence-corrected chi connectivity index (χ2v) is 5.15. The van der Waals surface area contributed by atoms with E-state index in [0.29, 0.717) is 5.11 Å². The maximum absolute atomic E-state index is 12.8. The average Bonchev–Trinajstić information content (AvgIpc) is 2.42. The number of nitrogens with one attached hydrogen (secondary N) is 2. The Balaban J connectivity index is 1.93. The van der Waals surface area contributed by atoms with Crippen molar-refractivity contribution < 1.29 is 4.39 Å². The molecular weight excluding hydrogens is 271 g/mol. The van der Waals surface area contributed by atoms with Gasteiger partial charge in [0.25, 0.3) is 0 Å². The number of hydrogen-bond donors (Lipinski definition) is 2. The zero-order valence-corrected chi connectivity index (χ0v) is 12.3. The lowest BCUT2D eigenvalue weighted by Crippen LogP contribution is -2.30. The Labute approximate surface area is 124 Å². The molecule has 0 aliphatic heterocycles. The van der Waals surface area contributed by atoms with E-state index < -0.39 is 0 Å². The molecule has 0 amide bonds. The molecule has 2 N–H and O–H groups in total. The van der Waals surface area contributed by atoms with E-state index >= 15 is 0 Å². The predicted molar refractivity (Wildman–Crippen MR) is 85.4 cm³/mol. The number of hydrogen-bond acceptors (Lipinski definition) is 1. The molecule has 0 heterocycles. The molecule has 0 fully saturated rings. The largest absolute Gasteiger partial charge is 0.356 e. The molecule has 0 saturated heterocycles. The first-order chi connectivity index (χ1) is 9.54. The van der Waals surface area contributed by atoms with Gasteiger partial charge in [0.2, 0.25) is 0 Å². The smallest absolute Gasteiger partial charge is 0.171 e. The number of benzene rings is 2. The van der Waals surface area contributed by atoms with E-state index in [1.54, 1.807) is 12.1 Å². The van der Waals surface area contributed by atoms with Gasteiger partial charge >= 0.3 is 0 Å². The Morgan fingerprint density at radius 2 is 1.65 bits per heavy atom. The summed E-state index contributed by atoms with van der Waals surface area (Å²) in [6, 6.07) is 14.5. The van der Waals surface area contributed by atoms with Gasteiger partial charge in [-0.15, -0.1) is 0 Å². The maximum Gasteiger partial charge on any atom is 0.171 e. The van der Waals surface area contributed by atoms with Gasteiger partial charge < -0.3 is 10.6 Å². The van der Waals surface area contributed by atoms with Gasteiger partial charge in [0.05, 0.1) is 6.04 Å². The summed E-state index contributed by atoms with van der Waals surface area (Å²) >= 11 is 5.25. The maximum atomic E-state index is 12.8. The van der Waals surface area contributed by atoms with Crippen molar-refractivity contribution in [3.8, 4) is 0 Å². The van der Waals surface area contributed by atoms with Gasteiger partial charge in [-0.2, -0.15) is 0 Å². The van der Waals surface area contributed by atoms with Crippen LogP contribution in [0.4, 0.5) is 10.1 Å². The van der Waals surface area contributed by atoms with Crippen LogP contribution in [0.15, 0.2) is 48.5 Å². The summed E-state index contributed by atoms with van der Waals surface area (Å²) in [7, 11) is 0. The Hall–Kier alpha value is -1.94. The molecule has 0 bridgehead atoms. The van der Waals surface area contributed by atoms with Crippen molar-refractivity contribution >= 4 is 23.0 Å². The molecule has 2 aromatic rings. The average molecular weight is 288 g/mol. The summed E-state index contributed by atoms with van der Waals surface area (Å²) < 4.78 is 12.8. The van der Waals surface area contributed by atoms with Gasteiger partial charge in [-0.05, 0) is 55.9 Å². The van der Waals surface area contributed by atoms with E-state index in [4.69, 9.17) is 12.2 Å². The van der Waals surface area contributed by atoms with Crippen LogP contribution in [0.5, 0.6) is 0 Å². The standard InChI is InChI=1S/C16H17FN2S/c1-11-3-5-13(6-4-11)12(2)18-16(20)19-15-9-7-14(17)8-10-15/h3-10,12H,1-2H3,(H2,18,19,20)/t12-/m0/s1. The summed E-state index contributed by atoms with van der Waals surface area (Å²) in [4.78, 5) is 0. The Morgan fingerprint density at radius 1 is 1.05 bits per heavy atom. The topological polar surface area (TPSA) is 24.1 Å². The van der Waals surface area contributed by atoms with E-state index in [-0.39, 0.29) is 11.9 Å². The van der Waals surface area contributed by atoms with Crippen molar-refractivity contribution in [3.63, 3.8) is 0 Å². The van der Waals surface area contributed by atoms with Crippen molar-refractivity contribution in [1.82, 2.24) is 5.32 Å². The molecule has 2 nitrogen and oxygen atoms in total. The van der Waals surface area contributed by atoms with Crippen LogP contribution in [0.2, 0.25) is 0 Å². The van der Waals surface area contributed by atoms with Crippen LogP contribution < -0.4 is 10.6 Å². The fourth-order valence-corrected chi connectivity index (χ4v) is 2.13. The first kappa shape index (κ1) is 14.5. The summed E-state index contributed by atoms with van der Waals surface area (Å²) in [5.41, 5.74) is 3.16. The van der Waals surface area contributed by atoms with Crippen LogP contribution in [0.25, 0.3) is 0 Å². The highest BCUT2D eigenvalue weighted by molar-refractivity contribution is 7.80. The van der Waals surface area contributed by atoms with Crippen LogP contribution in [0.3, 0.4) is 0 Å². The molecule has 104 valence electrons. The predicted octanol–water partition coefficient (Wildman–Crippen LogP) is 4.18. The molecule has 2 aromatic carbocycles. The van der Waals surface area contributed by atoms with Gasteiger partial charge in [-0.3, -0.25) is 0 Å². The number of halogens is 1. The van der Waals surface area contributed by atoms with Gasteiger partial charge in [0.15, 0.2) is 5.11 Å². The molecule has 0 aliphatic carbocycles. The molecule has 0 aliphatic rings. The molecule has 0 radical (unpaired) electrons. The first-order valence-corrected chi connectivity index (χ1v) is 6.85. The van der Waals surface area contributed by atoms with Crippen LogP contribution in [-0.4, -0.2) is 5.11 Å². The van der Waals surface area contributed by atoms with E-state index in [2.05, 4.69) is 41.8 Å². The van der Waals surface area contributed by atoms with E-state index in [1.807, 2.05) is 6.92 Å². The van der Waals surface area contributed by atoms with E-state index in [9.17, 15) is 4.39 Å². The lowest BCUT2D eigenvalue weighted by atomic mass is 10.1. The normalized spacial score (nSPS) is 11.8. The third-order valence-electron chi connectivity index (χ3n) is 3.03. The van der Waals surface area contributed by atoms with Crippen LogP contribution in [0.1, 0.15) is 24.1 Å². The minimum Gasteiger partial charge on any atom is -0.356 e. The second-order valence-electron chi connectivity index (χ2n) is 4.74. The Morgan fingerprint density at radius 3 is 2.25 bits per heavy atom. The lowest BCUT2D eigenvalue weighted by Gasteiger charge is -2.17. The summed E-state index contributed by atoms with van der Waals surface area (Å²) in [6.45, 7) is 4.10. The van der Waals surface area contributed by atoms with E-state index in [1.165, 1.54) is 23.3 Å². The number of anilines is 1. The molecule has 20 heavy (non-hydrogen) atoms. The van der Waals surface area contributed by atoms with Crippen LogP contribution >= 0.6 is 12.2 Å². The van der Waals surface area contributed by atoms with Crippen LogP contribution in [-0.2, 0) is 0 Å². The fourth-order valence-electron chi connectivity index (χ4n) is 1.84. The molecule has 0 saturated carbocycles. The highest BCUT2D eigenvalue weighted by atomic mass is 32.1. The third kappa shape index (κ3) is 4.03. The van der Waals surface area contributed by atoms with Gasteiger partial charge in [0, 0.05) is 5.69 Å². The minimum atomic E-state index is -0.262. The van der Waals surface area contributed by atoms with E-state index in [0.717, 1.165) is 5.69 Å². The van der Waals surface area contributed by atoms with Gasteiger partial charge in [-0.1, -0.05) is 29.8 Å². The van der Waals surface area contributed by atoms with Crippen molar-refractivity contribution in [2.24, 2.45) is 0 Å². The molecule has 0 spiro atoms. The zero-order chi connectivity index (χ0) is 14.5. The molecule has 1 atom stereocenters. The summed E-state index contributed by atoms with van der Waals surface area (Å²) in [6.07, 6.45) is 0. The van der Waals surface area contributed by atoms with Crippen molar-refractivity contribution in [3.05, 3.63) is 65.5 Å². The van der Waals surface area contributed by atoms with Crippen molar-refractivity contribution in [2.45, 2.75) is 19.9 Å². The quantitative estimate of drug-likeness (QED) is 0.828. The highest BCUT2D eigenvalue weighted by Gasteiger charge is 2.06. The van der Waals surface area contributed by atoms with Crippen molar-refractivity contribution in [2.75, 3.05) is 5.32 Å². The molecular formula is C16H17FN2S. The zero-order valence-electron chi connectivity index (χ0n) is 11.5. The van der Waals surface area contributed by atoms with Crippen LogP contribution in [0, 0.1) is 12.7 Å². The Bertz CT molecular complexity index is 578. The van der Waals surface area contributed by atoms with Gasteiger partial charge in [0.1, 0.15) is 5.82 Å². The van der Waals surface area contributed by atoms with Gasteiger partial charge in [-0.25, -0.2) is 4.39 Å². The number of thiocarbonyl (C=S) groups is 1. The minimum absolute atomic E-state index is 0.107. The first-order valence-electron chi connectivity index (χ1n) is 6.44. The Kier molecular flexibility index (Phi) is 4.69.